The summed E-state index contributed by atoms with van der Waals surface area (Å²) in [6, 6.07) is 6.21. The van der Waals surface area contributed by atoms with Gasteiger partial charge in [-0.05, 0) is 37.1 Å². The van der Waals surface area contributed by atoms with Crippen LogP contribution in [-0.4, -0.2) is 6.54 Å². The number of nitrogens with one attached hydrogen (secondary N) is 1. The summed E-state index contributed by atoms with van der Waals surface area (Å²) >= 11 is 0. The van der Waals surface area contributed by atoms with Crippen molar-refractivity contribution >= 4 is 5.69 Å². The van der Waals surface area contributed by atoms with Crippen LogP contribution in [-0.2, 0) is 6.54 Å². The average Bonchev–Trinajstić information content (AvgIpc) is 2.18. The van der Waals surface area contributed by atoms with Gasteiger partial charge in [-0.2, -0.15) is 0 Å². The zero-order valence-corrected chi connectivity index (χ0v) is 9.14. The van der Waals surface area contributed by atoms with Crippen LogP contribution in [0, 0.1) is 6.92 Å². The first kappa shape index (κ1) is 11.1. The lowest BCUT2D eigenvalue weighted by atomic mass is 10.1. The molecule has 1 aromatic rings. The minimum atomic E-state index is 0.877. The summed E-state index contributed by atoms with van der Waals surface area (Å²) in [5.41, 5.74) is 9.10. The predicted molar refractivity (Wildman–Crippen MR) is 62.2 cm³/mol. The smallest absolute Gasteiger partial charge is 0.0343 e. The molecule has 0 spiro atoms. The molecule has 0 aromatic heterocycles. The van der Waals surface area contributed by atoms with Crippen LogP contribution in [0.5, 0.6) is 0 Å². The maximum atomic E-state index is 5.74. The van der Waals surface area contributed by atoms with Crippen LogP contribution in [0.3, 0.4) is 0 Å². The SMILES string of the molecule is CCCCNCc1ccc(N)c(C)c1. The molecule has 1 rings (SSSR count). The van der Waals surface area contributed by atoms with Crippen molar-refractivity contribution in [3.05, 3.63) is 29.3 Å². The first-order chi connectivity index (χ1) is 6.74. The van der Waals surface area contributed by atoms with E-state index in [-0.39, 0.29) is 0 Å². The van der Waals surface area contributed by atoms with Gasteiger partial charge < -0.3 is 11.1 Å². The molecule has 3 N–H and O–H groups in total. The molecule has 0 aliphatic rings. The number of nitrogen functional groups attached to an aromatic ring is 1. The van der Waals surface area contributed by atoms with Crippen molar-refractivity contribution in [2.24, 2.45) is 0 Å². The van der Waals surface area contributed by atoms with Crippen LogP contribution >= 0.6 is 0 Å². The lowest BCUT2D eigenvalue weighted by Crippen LogP contribution is -2.14. The van der Waals surface area contributed by atoms with Gasteiger partial charge in [0.1, 0.15) is 0 Å². The zero-order valence-electron chi connectivity index (χ0n) is 9.14. The predicted octanol–water partition coefficient (Wildman–Crippen LogP) is 2.47. The molecule has 0 saturated carbocycles. The number of aryl methyl sites for hydroxylation is 1. The number of benzene rings is 1. The fraction of sp³-hybridized carbons (Fsp3) is 0.500. The van der Waals surface area contributed by atoms with Crippen LogP contribution in [0.25, 0.3) is 0 Å². The highest BCUT2D eigenvalue weighted by molar-refractivity contribution is 5.47. The van der Waals surface area contributed by atoms with Gasteiger partial charge in [0.15, 0.2) is 0 Å². The minimum Gasteiger partial charge on any atom is -0.399 e. The zero-order chi connectivity index (χ0) is 10.4. The van der Waals surface area contributed by atoms with Crippen LogP contribution in [0.15, 0.2) is 18.2 Å². The van der Waals surface area contributed by atoms with Gasteiger partial charge >= 0.3 is 0 Å². The number of hydrogen-bond acceptors (Lipinski definition) is 2. The Kier molecular flexibility index (Phi) is 4.47. The standard InChI is InChI=1S/C12H20N2/c1-3-4-7-14-9-11-5-6-12(13)10(2)8-11/h5-6,8,14H,3-4,7,9,13H2,1-2H3. The van der Waals surface area contributed by atoms with Crippen molar-refractivity contribution in [2.75, 3.05) is 12.3 Å². The van der Waals surface area contributed by atoms with E-state index >= 15 is 0 Å². The highest BCUT2D eigenvalue weighted by Crippen LogP contribution is 2.12. The average molecular weight is 192 g/mol. The number of nitrogens with two attached hydrogens (primary N) is 1. The molecule has 0 bridgehead atoms. The third-order valence-electron chi connectivity index (χ3n) is 2.37. The second kappa shape index (κ2) is 5.66. The molecule has 0 unspecified atom stereocenters. The van der Waals surface area contributed by atoms with Crippen molar-refractivity contribution in [3.8, 4) is 0 Å². The Bertz CT molecular complexity index is 282. The van der Waals surface area contributed by atoms with Gasteiger partial charge in [-0.15, -0.1) is 0 Å². The Labute approximate surface area is 86.5 Å². The first-order valence-corrected chi connectivity index (χ1v) is 5.29. The Morgan fingerprint density at radius 1 is 1.36 bits per heavy atom. The quantitative estimate of drug-likeness (QED) is 0.555. The molecule has 0 atom stereocenters. The van der Waals surface area contributed by atoms with Gasteiger partial charge in [0.2, 0.25) is 0 Å². The van der Waals surface area contributed by atoms with Crippen molar-refractivity contribution in [1.29, 1.82) is 0 Å². The van der Waals surface area contributed by atoms with E-state index in [0.717, 1.165) is 18.8 Å². The van der Waals surface area contributed by atoms with E-state index in [0.29, 0.717) is 0 Å². The largest absolute Gasteiger partial charge is 0.399 e. The monoisotopic (exact) mass is 192 g/mol. The van der Waals surface area contributed by atoms with Crippen molar-refractivity contribution in [3.63, 3.8) is 0 Å². The minimum absolute atomic E-state index is 0.877. The van der Waals surface area contributed by atoms with Crippen LogP contribution in [0.4, 0.5) is 5.69 Å². The van der Waals surface area contributed by atoms with Gasteiger partial charge in [0.05, 0.1) is 0 Å². The lowest BCUT2D eigenvalue weighted by molar-refractivity contribution is 0.641. The number of anilines is 1. The Morgan fingerprint density at radius 2 is 2.14 bits per heavy atom. The van der Waals surface area contributed by atoms with Gasteiger partial charge in [-0.3, -0.25) is 0 Å². The molecular weight excluding hydrogens is 172 g/mol. The number of unbranched alkanes of at least 4 members (excludes halogenated alkanes) is 1. The lowest BCUT2D eigenvalue weighted by Gasteiger charge is -2.06. The molecule has 0 saturated heterocycles. The molecule has 14 heavy (non-hydrogen) atoms. The summed E-state index contributed by atoms with van der Waals surface area (Å²) in [5.74, 6) is 0. The van der Waals surface area contributed by atoms with Gasteiger partial charge in [0.25, 0.3) is 0 Å². The fourth-order valence-electron chi connectivity index (χ4n) is 1.38. The van der Waals surface area contributed by atoms with Gasteiger partial charge in [-0.1, -0.05) is 25.5 Å². The second-order valence-electron chi connectivity index (χ2n) is 3.72. The molecule has 0 aliphatic carbocycles. The number of rotatable bonds is 5. The third-order valence-corrected chi connectivity index (χ3v) is 2.37. The van der Waals surface area contributed by atoms with E-state index in [1.165, 1.54) is 24.0 Å². The van der Waals surface area contributed by atoms with Crippen molar-refractivity contribution in [1.82, 2.24) is 5.32 Å². The van der Waals surface area contributed by atoms with Crippen molar-refractivity contribution < 1.29 is 0 Å². The van der Waals surface area contributed by atoms with Crippen LogP contribution in [0.2, 0.25) is 0 Å². The summed E-state index contributed by atoms with van der Waals surface area (Å²) in [6.07, 6.45) is 2.49. The highest BCUT2D eigenvalue weighted by atomic mass is 14.8. The molecule has 0 aliphatic heterocycles. The second-order valence-corrected chi connectivity index (χ2v) is 3.72. The molecule has 0 radical (unpaired) electrons. The maximum Gasteiger partial charge on any atom is 0.0343 e. The summed E-state index contributed by atoms with van der Waals surface area (Å²) in [5, 5.41) is 3.41. The molecule has 2 nitrogen and oxygen atoms in total. The first-order valence-electron chi connectivity index (χ1n) is 5.29. The molecule has 1 aromatic carbocycles. The molecule has 2 heteroatoms. The fourth-order valence-corrected chi connectivity index (χ4v) is 1.38. The summed E-state index contributed by atoms with van der Waals surface area (Å²) < 4.78 is 0. The molecule has 78 valence electrons. The maximum absolute atomic E-state index is 5.74. The summed E-state index contributed by atoms with van der Waals surface area (Å²) in [4.78, 5) is 0. The van der Waals surface area contributed by atoms with E-state index in [2.05, 4.69) is 24.4 Å². The van der Waals surface area contributed by atoms with Crippen LogP contribution in [0.1, 0.15) is 30.9 Å². The van der Waals surface area contributed by atoms with Crippen molar-refractivity contribution in [2.45, 2.75) is 33.2 Å². The molecular formula is C12H20N2. The molecule has 0 heterocycles. The highest BCUT2D eigenvalue weighted by Gasteiger charge is 1.95. The Balaban J connectivity index is 2.39. The number of hydrogen-bond donors (Lipinski definition) is 2. The van der Waals surface area contributed by atoms with Gasteiger partial charge in [-0.25, -0.2) is 0 Å². The van der Waals surface area contributed by atoms with E-state index in [4.69, 9.17) is 5.73 Å². The third kappa shape index (κ3) is 3.38. The summed E-state index contributed by atoms with van der Waals surface area (Å²) in [7, 11) is 0. The van der Waals surface area contributed by atoms with Gasteiger partial charge in [0, 0.05) is 12.2 Å². The van der Waals surface area contributed by atoms with E-state index in [1.807, 2.05) is 13.0 Å². The van der Waals surface area contributed by atoms with E-state index in [1.54, 1.807) is 0 Å². The molecule has 0 amide bonds. The summed E-state index contributed by atoms with van der Waals surface area (Å²) in [6.45, 7) is 6.29. The Morgan fingerprint density at radius 3 is 2.79 bits per heavy atom. The topological polar surface area (TPSA) is 38.0 Å². The molecule has 0 fully saturated rings. The van der Waals surface area contributed by atoms with E-state index < -0.39 is 0 Å². The van der Waals surface area contributed by atoms with E-state index in [9.17, 15) is 0 Å². The van der Waals surface area contributed by atoms with Crippen LogP contribution < -0.4 is 11.1 Å². The normalized spacial score (nSPS) is 10.4. The Hall–Kier alpha value is -1.02.